The molecule has 0 spiro atoms. The monoisotopic (exact) mass is 672 g/mol. The molecule has 0 aromatic heterocycles. The van der Waals surface area contributed by atoms with Crippen molar-refractivity contribution < 1.29 is 28.2 Å². The number of carboxylic acid groups (broad SMARTS) is 1. The average Bonchev–Trinajstić information content (AvgIpc) is 3.27. The number of aromatic carboxylic acids is 1. The van der Waals surface area contributed by atoms with Gasteiger partial charge in [-0.15, -0.1) is 0 Å². The van der Waals surface area contributed by atoms with E-state index in [9.17, 15) is 20.0 Å². The van der Waals surface area contributed by atoms with Crippen LogP contribution < -0.4 is 10.1 Å². The fraction of sp³-hybridized carbons (Fsp3) is 0.417. The second-order valence-corrected chi connectivity index (χ2v) is 14.2. The highest BCUT2D eigenvalue weighted by Crippen LogP contribution is 2.53. The van der Waals surface area contributed by atoms with Gasteiger partial charge in [0.1, 0.15) is 22.8 Å². The van der Waals surface area contributed by atoms with E-state index >= 15 is 8.78 Å². The molecule has 3 aromatic rings. The number of nitriles is 1. The van der Waals surface area contributed by atoms with Gasteiger partial charge in [-0.25, -0.2) is 13.6 Å². The molecule has 2 N–H and O–H groups in total. The Bertz CT molecular complexity index is 1630. The first-order chi connectivity index (χ1) is 21.5. The van der Waals surface area contributed by atoms with E-state index in [0.717, 1.165) is 12.0 Å². The molecule has 3 aromatic carbocycles. The summed E-state index contributed by atoms with van der Waals surface area (Å²) in [4.78, 5) is 25.6. The summed E-state index contributed by atoms with van der Waals surface area (Å²) in [6.45, 7) is 12.4. The van der Waals surface area contributed by atoms with Crippen molar-refractivity contribution in [1.82, 2.24) is 5.32 Å². The molecule has 1 aliphatic rings. The molecule has 0 amide bonds. The molecule has 6 nitrogen and oxygen atoms in total. The minimum Gasteiger partial charge on any atom is -0.496 e. The number of hydrogen-bond acceptors (Lipinski definition) is 5. The number of hydrogen-bond donors (Lipinski definition) is 2. The molecule has 1 aliphatic heterocycles. The molecule has 1 fully saturated rings. The summed E-state index contributed by atoms with van der Waals surface area (Å²) in [7, 11) is 1.36. The van der Waals surface area contributed by atoms with Gasteiger partial charge < -0.3 is 15.2 Å². The number of methoxy groups -OCH3 is 1. The molecule has 46 heavy (non-hydrogen) atoms. The number of carbonyl (C=O) groups excluding carboxylic acids is 1. The fourth-order valence-corrected chi connectivity index (χ4v) is 6.27. The molecule has 10 heteroatoms. The standard InChI is InChI=1S/C32H30Cl2F2N2O4.C4H10/c1-31(2,3)15-26-32(16-37,21-11-10-19(33)14-23(21)35)27(20-6-5-7-22(34)28(20)36)29(38-26)24(39)12-17-8-9-18(30(40)41)13-25(17)42-4;1-4(2)3/h5-11,13-14,26-27,29,38H,12,15H2,1-4H3,(H,40,41);4H,1-3H3/t26-,27-,29-,32-;/m0./s1. The highest BCUT2D eigenvalue weighted by atomic mass is 35.5. The van der Waals surface area contributed by atoms with Crippen molar-refractivity contribution in [1.29, 1.82) is 5.26 Å². The van der Waals surface area contributed by atoms with Gasteiger partial charge in [0.05, 0.1) is 29.8 Å². The molecule has 0 aliphatic carbocycles. The van der Waals surface area contributed by atoms with Gasteiger partial charge in [0.15, 0.2) is 5.78 Å². The molecular formula is C36H40Cl2F2N2O4. The normalized spacial score (nSPS) is 20.9. The lowest BCUT2D eigenvalue weighted by Gasteiger charge is -2.37. The van der Waals surface area contributed by atoms with Gasteiger partial charge in [-0.2, -0.15) is 5.26 Å². The van der Waals surface area contributed by atoms with Crippen LogP contribution in [-0.4, -0.2) is 36.1 Å². The Labute approximate surface area is 279 Å². The summed E-state index contributed by atoms with van der Waals surface area (Å²) >= 11 is 12.3. The van der Waals surface area contributed by atoms with Crippen LogP contribution in [0.1, 0.15) is 80.9 Å². The van der Waals surface area contributed by atoms with Crippen LogP contribution in [0.25, 0.3) is 0 Å². The predicted octanol–water partition coefficient (Wildman–Crippen LogP) is 8.77. The van der Waals surface area contributed by atoms with Gasteiger partial charge in [0, 0.05) is 34.5 Å². The summed E-state index contributed by atoms with van der Waals surface area (Å²) in [5.74, 6) is -3.32. The molecule has 0 unspecified atom stereocenters. The molecule has 0 saturated carbocycles. The van der Waals surface area contributed by atoms with E-state index in [1.165, 1.54) is 55.6 Å². The number of rotatable bonds is 8. The second kappa shape index (κ2) is 14.9. The third kappa shape index (κ3) is 8.06. The zero-order valence-electron chi connectivity index (χ0n) is 27.1. The van der Waals surface area contributed by atoms with Gasteiger partial charge in [-0.05, 0) is 53.6 Å². The van der Waals surface area contributed by atoms with Crippen molar-refractivity contribution in [2.45, 2.75) is 77.8 Å². The number of benzene rings is 3. The molecule has 0 bridgehead atoms. The summed E-state index contributed by atoms with van der Waals surface area (Å²) in [6.07, 6.45) is 0.105. The number of nitrogens with zero attached hydrogens (tertiary/aromatic N) is 1. The lowest BCUT2D eigenvalue weighted by molar-refractivity contribution is -0.120. The fourth-order valence-electron chi connectivity index (χ4n) is 5.93. The first kappa shape index (κ1) is 37.0. The van der Waals surface area contributed by atoms with Crippen LogP contribution in [0, 0.1) is 34.3 Å². The third-order valence-electron chi connectivity index (χ3n) is 7.69. The maximum Gasteiger partial charge on any atom is 0.335 e. The summed E-state index contributed by atoms with van der Waals surface area (Å²) < 4.78 is 36.9. The smallest absolute Gasteiger partial charge is 0.335 e. The molecule has 4 atom stereocenters. The Hall–Kier alpha value is -3.51. The van der Waals surface area contributed by atoms with Crippen molar-refractivity contribution >= 4 is 35.0 Å². The zero-order chi connectivity index (χ0) is 34.6. The Morgan fingerprint density at radius 1 is 1.09 bits per heavy atom. The average molecular weight is 674 g/mol. The lowest BCUT2D eigenvalue weighted by Crippen LogP contribution is -2.44. The van der Waals surface area contributed by atoms with E-state index in [4.69, 9.17) is 27.9 Å². The Morgan fingerprint density at radius 3 is 2.28 bits per heavy atom. The van der Waals surface area contributed by atoms with Crippen LogP contribution in [0.2, 0.25) is 10.0 Å². The zero-order valence-corrected chi connectivity index (χ0v) is 28.6. The van der Waals surface area contributed by atoms with Gasteiger partial charge in [0.2, 0.25) is 0 Å². The van der Waals surface area contributed by atoms with E-state index in [1.807, 2.05) is 20.8 Å². The van der Waals surface area contributed by atoms with E-state index in [2.05, 4.69) is 32.2 Å². The molecule has 4 rings (SSSR count). The second-order valence-electron chi connectivity index (χ2n) is 13.4. The number of Topliss-reactive ketones (excluding diaryl/α,β-unsaturated/α-hetero) is 1. The van der Waals surface area contributed by atoms with Crippen molar-refractivity contribution in [2.24, 2.45) is 11.3 Å². The van der Waals surface area contributed by atoms with Crippen molar-refractivity contribution in [3.05, 3.63) is 98.5 Å². The largest absolute Gasteiger partial charge is 0.496 e. The summed E-state index contributed by atoms with van der Waals surface area (Å²) in [6, 6.07) is 12.8. The number of halogens is 4. The number of ketones is 1. The highest BCUT2D eigenvalue weighted by Gasteiger charge is 2.60. The topological polar surface area (TPSA) is 99.4 Å². The van der Waals surface area contributed by atoms with Crippen molar-refractivity contribution in [3.8, 4) is 11.8 Å². The number of nitrogens with one attached hydrogen (secondary N) is 1. The maximum atomic E-state index is 15.8. The van der Waals surface area contributed by atoms with Crippen molar-refractivity contribution in [2.75, 3.05) is 7.11 Å². The number of carbonyl (C=O) groups is 2. The van der Waals surface area contributed by atoms with Gasteiger partial charge >= 0.3 is 5.97 Å². The third-order valence-corrected chi connectivity index (χ3v) is 8.22. The summed E-state index contributed by atoms with van der Waals surface area (Å²) in [5, 5.41) is 23.5. The molecule has 0 radical (unpaired) electrons. The van der Waals surface area contributed by atoms with Crippen LogP contribution in [-0.2, 0) is 16.6 Å². The highest BCUT2D eigenvalue weighted by molar-refractivity contribution is 6.31. The lowest BCUT2D eigenvalue weighted by atomic mass is 9.62. The van der Waals surface area contributed by atoms with Gasteiger partial charge in [0.25, 0.3) is 0 Å². The van der Waals surface area contributed by atoms with Crippen LogP contribution in [0.5, 0.6) is 5.75 Å². The van der Waals surface area contributed by atoms with Gasteiger partial charge in [-0.1, -0.05) is 89.0 Å². The Kier molecular flexibility index (Phi) is 12.0. The van der Waals surface area contributed by atoms with E-state index in [-0.39, 0.29) is 44.3 Å². The SMILES string of the molecule is CC(C)C.COc1cc(C(=O)O)ccc1CC(=O)[C@@H]1N[C@@H](CC(C)(C)C)[C@](C#N)(c2ccc(Cl)cc2F)[C@H]1c1cccc(Cl)c1F. The molecule has 1 saturated heterocycles. The van der Waals surface area contributed by atoms with E-state index in [1.54, 1.807) is 0 Å². The number of ether oxygens (including phenoxy) is 1. The quantitative estimate of drug-likeness (QED) is 0.248. The molecular weight excluding hydrogens is 633 g/mol. The summed E-state index contributed by atoms with van der Waals surface area (Å²) in [5.41, 5.74) is -1.76. The van der Waals surface area contributed by atoms with Crippen LogP contribution >= 0.6 is 23.2 Å². The maximum absolute atomic E-state index is 15.8. The molecule has 1 heterocycles. The number of carboxylic acids is 1. The van der Waals surface area contributed by atoms with Gasteiger partial charge in [-0.3, -0.25) is 4.79 Å². The molecule has 246 valence electrons. The minimum absolute atomic E-state index is 0.00570. The van der Waals surface area contributed by atoms with Crippen LogP contribution in [0.3, 0.4) is 0 Å². The van der Waals surface area contributed by atoms with Crippen LogP contribution in [0.15, 0.2) is 54.6 Å². The van der Waals surface area contributed by atoms with Crippen LogP contribution in [0.4, 0.5) is 8.78 Å². The minimum atomic E-state index is -1.74. The Balaban J connectivity index is 0.00000136. The van der Waals surface area contributed by atoms with E-state index in [0.29, 0.717) is 12.0 Å². The Morgan fingerprint density at radius 2 is 1.74 bits per heavy atom. The van der Waals surface area contributed by atoms with E-state index < -0.39 is 46.8 Å². The first-order valence-electron chi connectivity index (χ1n) is 15.0. The van der Waals surface area contributed by atoms with Crippen molar-refractivity contribution in [3.63, 3.8) is 0 Å². The first-order valence-corrected chi connectivity index (χ1v) is 15.7. The predicted molar refractivity (Wildman–Crippen MR) is 177 cm³/mol.